The maximum Gasteiger partial charge on any atom is 0.269 e. The number of aromatic nitrogens is 2. The summed E-state index contributed by atoms with van der Waals surface area (Å²) in [7, 11) is 0. The Labute approximate surface area is 68.6 Å². The first-order valence-corrected chi connectivity index (χ1v) is 3.53. The minimum atomic E-state index is -0.622. The second kappa shape index (κ2) is 3.17. The minimum absolute atomic E-state index is 0.136. The number of nitrogens with zero attached hydrogens (tertiary/aromatic N) is 1. The fraction of sp³-hybridized carbons (Fsp3) is 0.286. The molecule has 0 aliphatic heterocycles. The van der Waals surface area contributed by atoms with Crippen LogP contribution in [0.15, 0.2) is 11.0 Å². The van der Waals surface area contributed by atoms with Crippen LogP contribution in [0.3, 0.4) is 0 Å². The van der Waals surface area contributed by atoms with Crippen molar-refractivity contribution >= 4 is 5.91 Å². The van der Waals surface area contributed by atoms with Crippen molar-refractivity contribution < 1.29 is 4.79 Å². The van der Waals surface area contributed by atoms with Gasteiger partial charge in [0.05, 0.1) is 6.20 Å². The number of aryl methyl sites for hydroxylation is 1. The number of hydrogen-bond donors (Lipinski definition) is 2. The molecule has 0 spiro atoms. The van der Waals surface area contributed by atoms with Crippen molar-refractivity contribution in [2.45, 2.75) is 13.3 Å². The number of rotatable bonds is 2. The summed E-state index contributed by atoms with van der Waals surface area (Å²) in [6.07, 6.45) is 1.57. The van der Waals surface area contributed by atoms with Crippen LogP contribution in [0.4, 0.5) is 0 Å². The summed E-state index contributed by atoms with van der Waals surface area (Å²) < 4.78 is 0. The van der Waals surface area contributed by atoms with Crippen LogP contribution in [0.5, 0.6) is 0 Å². The minimum Gasteiger partial charge on any atom is -0.364 e. The Kier molecular flexibility index (Phi) is 2.23. The van der Waals surface area contributed by atoms with Gasteiger partial charge in [-0.25, -0.2) is 4.98 Å². The van der Waals surface area contributed by atoms with E-state index >= 15 is 0 Å². The molecule has 5 heteroatoms. The van der Waals surface area contributed by atoms with Gasteiger partial charge in [0.25, 0.3) is 11.5 Å². The molecule has 5 nitrogen and oxygen atoms in total. The van der Waals surface area contributed by atoms with Gasteiger partial charge in [0, 0.05) is 5.69 Å². The Morgan fingerprint density at radius 2 is 2.42 bits per heavy atom. The highest BCUT2D eigenvalue weighted by atomic mass is 16.1. The standard InChI is InChI=1S/C7H9N3O2/c1-2-4-6(7(8)12)9-3-5(11)10-4/h3H,2H2,1H3,(H2,8,12)(H,10,11). The van der Waals surface area contributed by atoms with E-state index < -0.39 is 5.91 Å². The van der Waals surface area contributed by atoms with E-state index in [-0.39, 0.29) is 11.3 Å². The summed E-state index contributed by atoms with van der Waals surface area (Å²) in [5, 5.41) is 0. The van der Waals surface area contributed by atoms with E-state index in [0.29, 0.717) is 12.1 Å². The molecule has 64 valence electrons. The van der Waals surface area contributed by atoms with Crippen molar-refractivity contribution in [3.05, 3.63) is 27.9 Å². The van der Waals surface area contributed by atoms with Crippen molar-refractivity contribution in [3.8, 4) is 0 Å². The monoisotopic (exact) mass is 167 g/mol. The number of nitrogens with one attached hydrogen (secondary N) is 1. The zero-order valence-electron chi connectivity index (χ0n) is 6.63. The van der Waals surface area contributed by atoms with Gasteiger partial charge in [-0.05, 0) is 6.42 Å². The van der Waals surface area contributed by atoms with Gasteiger partial charge in [0.2, 0.25) is 0 Å². The number of primary amides is 1. The summed E-state index contributed by atoms with van der Waals surface area (Å²) in [5.41, 5.74) is 5.31. The van der Waals surface area contributed by atoms with Gasteiger partial charge in [-0.15, -0.1) is 0 Å². The third kappa shape index (κ3) is 1.50. The molecule has 0 fully saturated rings. The van der Waals surface area contributed by atoms with Crippen molar-refractivity contribution in [1.29, 1.82) is 0 Å². The molecule has 0 bridgehead atoms. The molecule has 0 saturated heterocycles. The average molecular weight is 167 g/mol. The SMILES string of the molecule is CCc1[nH]c(=O)cnc1C(N)=O. The van der Waals surface area contributed by atoms with Crippen LogP contribution in [0.1, 0.15) is 23.1 Å². The number of nitrogens with two attached hydrogens (primary N) is 1. The van der Waals surface area contributed by atoms with Crippen LogP contribution >= 0.6 is 0 Å². The Morgan fingerprint density at radius 1 is 1.75 bits per heavy atom. The number of carbonyl (C=O) groups excluding carboxylic acids is 1. The van der Waals surface area contributed by atoms with Crippen LogP contribution in [-0.4, -0.2) is 15.9 Å². The first-order chi connectivity index (χ1) is 5.65. The molecule has 1 aromatic heterocycles. The molecule has 0 saturated carbocycles. The molecule has 0 atom stereocenters. The maximum absolute atomic E-state index is 10.8. The molecule has 1 aromatic rings. The lowest BCUT2D eigenvalue weighted by Crippen LogP contribution is -2.20. The summed E-state index contributed by atoms with van der Waals surface area (Å²) in [4.78, 5) is 27.6. The number of hydrogen-bond acceptors (Lipinski definition) is 3. The van der Waals surface area contributed by atoms with Gasteiger partial charge in [-0.2, -0.15) is 0 Å². The van der Waals surface area contributed by atoms with Gasteiger partial charge in [0.15, 0.2) is 0 Å². The molecular weight excluding hydrogens is 158 g/mol. The second-order valence-corrected chi connectivity index (χ2v) is 2.29. The van der Waals surface area contributed by atoms with Crippen LogP contribution in [0.2, 0.25) is 0 Å². The predicted molar refractivity (Wildman–Crippen MR) is 42.8 cm³/mol. The van der Waals surface area contributed by atoms with Crippen molar-refractivity contribution in [2.24, 2.45) is 5.73 Å². The molecule has 0 aromatic carbocycles. The number of amides is 1. The lowest BCUT2D eigenvalue weighted by atomic mass is 10.2. The first kappa shape index (κ1) is 8.45. The lowest BCUT2D eigenvalue weighted by Gasteiger charge is -2.00. The third-order valence-corrected chi connectivity index (χ3v) is 1.46. The molecule has 0 radical (unpaired) electrons. The van der Waals surface area contributed by atoms with Gasteiger partial charge >= 0.3 is 0 Å². The van der Waals surface area contributed by atoms with Crippen LogP contribution in [0, 0.1) is 0 Å². The van der Waals surface area contributed by atoms with Crippen molar-refractivity contribution in [3.63, 3.8) is 0 Å². The number of aromatic amines is 1. The Morgan fingerprint density at radius 3 is 2.92 bits per heavy atom. The highest BCUT2D eigenvalue weighted by molar-refractivity contribution is 5.91. The smallest absolute Gasteiger partial charge is 0.269 e. The Balaban J connectivity index is 3.29. The molecule has 1 amide bonds. The average Bonchev–Trinajstić information content (AvgIpc) is 2.03. The quantitative estimate of drug-likeness (QED) is 0.618. The molecule has 0 aliphatic rings. The Bertz CT molecular complexity index is 356. The van der Waals surface area contributed by atoms with Crippen molar-refractivity contribution in [2.75, 3.05) is 0 Å². The number of carbonyl (C=O) groups is 1. The molecule has 1 rings (SSSR count). The fourth-order valence-electron chi connectivity index (χ4n) is 0.909. The molecule has 0 unspecified atom stereocenters. The van der Waals surface area contributed by atoms with Crippen LogP contribution in [0.25, 0.3) is 0 Å². The van der Waals surface area contributed by atoms with Crippen molar-refractivity contribution in [1.82, 2.24) is 9.97 Å². The Hall–Kier alpha value is -1.65. The van der Waals surface area contributed by atoms with Crippen LogP contribution in [-0.2, 0) is 6.42 Å². The van der Waals surface area contributed by atoms with E-state index in [1.165, 1.54) is 0 Å². The molecule has 1 heterocycles. The van der Waals surface area contributed by atoms with E-state index in [1.807, 2.05) is 0 Å². The van der Waals surface area contributed by atoms with E-state index in [0.717, 1.165) is 6.20 Å². The summed E-state index contributed by atoms with van der Waals surface area (Å²) in [6.45, 7) is 1.80. The van der Waals surface area contributed by atoms with E-state index in [9.17, 15) is 9.59 Å². The third-order valence-electron chi connectivity index (χ3n) is 1.46. The zero-order valence-corrected chi connectivity index (χ0v) is 6.63. The maximum atomic E-state index is 10.8. The van der Waals surface area contributed by atoms with Gasteiger partial charge in [-0.3, -0.25) is 9.59 Å². The summed E-state index contributed by atoms with van der Waals surface area (Å²) >= 11 is 0. The molecule has 12 heavy (non-hydrogen) atoms. The highest BCUT2D eigenvalue weighted by Crippen LogP contribution is 1.98. The molecule has 0 aliphatic carbocycles. The fourth-order valence-corrected chi connectivity index (χ4v) is 0.909. The zero-order chi connectivity index (χ0) is 9.14. The first-order valence-electron chi connectivity index (χ1n) is 3.53. The summed E-state index contributed by atoms with van der Waals surface area (Å²) in [5.74, 6) is -0.622. The van der Waals surface area contributed by atoms with Crippen LogP contribution < -0.4 is 11.3 Å². The second-order valence-electron chi connectivity index (χ2n) is 2.29. The number of H-pyrrole nitrogens is 1. The van der Waals surface area contributed by atoms with Gasteiger partial charge in [-0.1, -0.05) is 6.92 Å². The normalized spacial score (nSPS) is 9.75. The largest absolute Gasteiger partial charge is 0.364 e. The van der Waals surface area contributed by atoms with E-state index in [4.69, 9.17) is 5.73 Å². The summed E-state index contributed by atoms with van der Waals surface area (Å²) in [6, 6.07) is 0. The lowest BCUT2D eigenvalue weighted by molar-refractivity contribution is 0.0994. The predicted octanol–water partition coefficient (Wildman–Crippen LogP) is -0.569. The van der Waals surface area contributed by atoms with Gasteiger partial charge < -0.3 is 10.7 Å². The van der Waals surface area contributed by atoms with Gasteiger partial charge in [0.1, 0.15) is 5.69 Å². The topological polar surface area (TPSA) is 88.8 Å². The molecule has 3 N–H and O–H groups in total. The molecular formula is C7H9N3O2. The van der Waals surface area contributed by atoms with E-state index in [2.05, 4.69) is 9.97 Å². The van der Waals surface area contributed by atoms with E-state index in [1.54, 1.807) is 6.92 Å². The highest BCUT2D eigenvalue weighted by Gasteiger charge is 2.08.